The van der Waals surface area contributed by atoms with E-state index in [2.05, 4.69) is 0 Å². The first-order chi connectivity index (χ1) is 7.66. The monoisotopic (exact) mass is 215 g/mol. The highest BCUT2D eigenvalue weighted by Gasteiger charge is 2.09. The summed E-state index contributed by atoms with van der Waals surface area (Å²) in [7, 11) is 0. The number of aromatic hydroxyl groups is 1. The lowest BCUT2D eigenvalue weighted by atomic mass is 10.0. The van der Waals surface area contributed by atoms with Crippen LogP contribution < -0.4 is 0 Å². The molecule has 3 nitrogen and oxygen atoms in total. The summed E-state index contributed by atoms with van der Waals surface area (Å²) >= 11 is 0. The second-order valence-corrected chi connectivity index (χ2v) is 3.45. The molecule has 0 atom stereocenters. The zero-order valence-electron chi connectivity index (χ0n) is 8.47. The lowest BCUT2D eigenvalue weighted by Crippen LogP contribution is -2.00. The summed E-state index contributed by atoms with van der Waals surface area (Å²) in [5.74, 6) is 0.403. The Labute approximate surface area is 92.6 Å². The molecule has 0 unspecified atom stereocenters. The highest BCUT2D eigenvalue weighted by atomic mass is 16.3. The van der Waals surface area contributed by atoms with Gasteiger partial charge in [0, 0.05) is 23.3 Å². The minimum absolute atomic E-state index is 0.111. The molecule has 0 aliphatic rings. The van der Waals surface area contributed by atoms with Crippen LogP contribution in [0.15, 0.2) is 48.5 Å². The Hall–Kier alpha value is -2.29. The van der Waals surface area contributed by atoms with Crippen molar-refractivity contribution in [3.63, 3.8) is 0 Å². The van der Waals surface area contributed by atoms with Crippen molar-refractivity contribution < 1.29 is 15.0 Å². The molecule has 0 aromatic heterocycles. The van der Waals surface area contributed by atoms with Crippen LogP contribution in [0.1, 0.15) is 15.9 Å². The van der Waals surface area contributed by atoms with E-state index in [9.17, 15) is 4.79 Å². The van der Waals surface area contributed by atoms with Crippen molar-refractivity contribution in [1.29, 1.82) is 0 Å². The third kappa shape index (κ3) is 2.03. The third-order valence-corrected chi connectivity index (χ3v) is 2.28. The van der Waals surface area contributed by atoms with E-state index >= 15 is 0 Å². The van der Waals surface area contributed by atoms with Crippen LogP contribution in [0.25, 0.3) is 0 Å². The van der Waals surface area contributed by atoms with Crippen LogP contribution in [0.3, 0.4) is 0 Å². The molecule has 80 valence electrons. The summed E-state index contributed by atoms with van der Waals surface area (Å²) < 4.78 is 0. The summed E-state index contributed by atoms with van der Waals surface area (Å²) in [4.78, 5) is 11.9. The van der Waals surface area contributed by atoms with Crippen LogP contribution in [0.2, 0.25) is 0 Å². The van der Waals surface area contributed by atoms with Crippen molar-refractivity contribution in [2.45, 2.75) is 0 Å². The number of rotatable bonds is 2. The molecule has 0 aliphatic carbocycles. The number of phenols is 1. The van der Waals surface area contributed by atoms with Gasteiger partial charge in [-0.05, 0) is 36.4 Å². The Bertz CT molecular complexity index is 450. The van der Waals surface area contributed by atoms with Gasteiger partial charge in [0.15, 0.2) is 5.78 Å². The number of benzene rings is 2. The van der Waals surface area contributed by atoms with Crippen molar-refractivity contribution in [3.8, 4) is 11.5 Å². The number of carbonyl (C=O) groups excluding carboxylic acids is 1. The van der Waals surface area contributed by atoms with Gasteiger partial charge in [-0.2, -0.15) is 0 Å². The second-order valence-electron chi connectivity index (χ2n) is 3.45. The molecule has 0 amide bonds. The topological polar surface area (TPSA) is 60.2 Å². The molecular weight excluding hydrogens is 204 g/mol. The van der Waals surface area contributed by atoms with Gasteiger partial charge in [-0.3, -0.25) is 4.79 Å². The molecule has 0 saturated carbocycles. The highest BCUT2D eigenvalue weighted by molar-refractivity contribution is 6.09. The van der Waals surface area contributed by atoms with E-state index in [-0.39, 0.29) is 11.5 Å². The Balaban J connectivity index is 2.32. The minimum atomic E-state index is -0.111. The molecule has 0 heterocycles. The molecule has 0 saturated heterocycles. The van der Waals surface area contributed by atoms with E-state index in [1.807, 2.05) is 0 Å². The second kappa shape index (κ2) is 4.06. The molecule has 0 spiro atoms. The largest absolute Gasteiger partial charge is 0.593 e. The van der Waals surface area contributed by atoms with Crippen molar-refractivity contribution in [1.82, 2.24) is 0 Å². The highest BCUT2D eigenvalue weighted by Crippen LogP contribution is 2.16. The van der Waals surface area contributed by atoms with Gasteiger partial charge >= 0.3 is 0 Å². The van der Waals surface area contributed by atoms with E-state index in [0.29, 0.717) is 16.9 Å². The quantitative estimate of drug-likeness (QED) is 0.615. The van der Waals surface area contributed by atoms with Crippen LogP contribution in [0.4, 0.5) is 0 Å². The van der Waals surface area contributed by atoms with Gasteiger partial charge in [0.25, 0.3) is 5.75 Å². The fourth-order valence-electron chi connectivity index (χ4n) is 1.40. The maximum Gasteiger partial charge on any atom is 0.253 e. The molecule has 16 heavy (non-hydrogen) atoms. The number of ketones is 1. The predicted octanol–water partition coefficient (Wildman–Crippen LogP) is 2.06. The van der Waals surface area contributed by atoms with E-state index in [1.54, 1.807) is 36.4 Å². The maximum absolute atomic E-state index is 11.9. The first-order valence-corrected chi connectivity index (χ1v) is 4.82. The van der Waals surface area contributed by atoms with Gasteiger partial charge < -0.3 is 10.2 Å². The van der Waals surface area contributed by atoms with E-state index in [0.717, 1.165) is 0 Å². The Morgan fingerprint density at radius 2 is 1.31 bits per heavy atom. The molecule has 2 aromatic rings. The minimum Gasteiger partial charge on any atom is -0.593 e. The first kappa shape index (κ1) is 10.2. The van der Waals surface area contributed by atoms with Gasteiger partial charge in [0.1, 0.15) is 5.75 Å². The molecule has 3 N–H and O–H groups in total. The van der Waals surface area contributed by atoms with Crippen molar-refractivity contribution in [2.24, 2.45) is 0 Å². The maximum atomic E-state index is 11.9. The Morgan fingerprint density at radius 3 is 1.81 bits per heavy atom. The van der Waals surface area contributed by atoms with Gasteiger partial charge in [-0.15, -0.1) is 0 Å². The molecule has 0 aliphatic heterocycles. The molecule has 3 heteroatoms. The van der Waals surface area contributed by atoms with E-state index < -0.39 is 0 Å². The lowest BCUT2D eigenvalue weighted by Gasteiger charge is -2.00. The summed E-state index contributed by atoms with van der Waals surface area (Å²) in [6.45, 7) is 0. The summed E-state index contributed by atoms with van der Waals surface area (Å²) in [6.07, 6.45) is 0. The van der Waals surface area contributed by atoms with Crippen molar-refractivity contribution in [2.75, 3.05) is 0 Å². The summed E-state index contributed by atoms with van der Waals surface area (Å²) in [6, 6.07) is 12.5. The lowest BCUT2D eigenvalue weighted by molar-refractivity contribution is 0.103. The van der Waals surface area contributed by atoms with E-state index in [4.69, 9.17) is 10.2 Å². The van der Waals surface area contributed by atoms with Crippen LogP contribution in [0.5, 0.6) is 11.5 Å². The molecular formula is C13H11O3+. The molecule has 2 rings (SSSR count). The standard InChI is InChI=1S/C13H10O3/c14-11-5-1-9(2-6-11)13(16)10-3-7-12(15)8-4-10/h1-8,14-15H/p+1. The number of hydrogen-bond acceptors (Lipinski definition) is 2. The normalized spacial score (nSPS) is 10.0. The fourth-order valence-corrected chi connectivity index (χ4v) is 1.40. The molecule has 0 radical (unpaired) electrons. The molecule has 0 bridgehead atoms. The predicted molar refractivity (Wildman–Crippen MR) is 61.0 cm³/mol. The Kier molecular flexibility index (Phi) is 2.60. The zero-order chi connectivity index (χ0) is 11.5. The zero-order valence-corrected chi connectivity index (χ0v) is 8.47. The first-order valence-electron chi connectivity index (χ1n) is 4.82. The third-order valence-electron chi connectivity index (χ3n) is 2.28. The molecule has 2 aromatic carbocycles. The van der Waals surface area contributed by atoms with Crippen molar-refractivity contribution in [3.05, 3.63) is 59.7 Å². The average Bonchev–Trinajstić information content (AvgIpc) is 2.30. The van der Waals surface area contributed by atoms with Gasteiger partial charge in [0.2, 0.25) is 0 Å². The molecule has 0 fully saturated rings. The van der Waals surface area contributed by atoms with Gasteiger partial charge in [-0.25, -0.2) is 0 Å². The van der Waals surface area contributed by atoms with Crippen LogP contribution in [-0.4, -0.2) is 16.0 Å². The average molecular weight is 215 g/mol. The Morgan fingerprint density at radius 1 is 0.875 bits per heavy atom. The van der Waals surface area contributed by atoms with E-state index in [1.165, 1.54) is 12.1 Å². The van der Waals surface area contributed by atoms with Crippen LogP contribution >= 0.6 is 0 Å². The summed E-state index contributed by atoms with van der Waals surface area (Å²) in [5, 5.41) is 16.4. The number of hydrogen-bond donors (Lipinski definition) is 1. The smallest absolute Gasteiger partial charge is 0.253 e. The fraction of sp³-hybridized carbons (Fsp3) is 0. The van der Waals surface area contributed by atoms with Crippen LogP contribution in [0, 0.1) is 0 Å². The van der Waals surface area contributed by atoms with Crippen molar-refractivity contribution >= 4 is 5.78 Å². The SMILES string of the molecule is O=C(c1ccc(O)cc1)c1ccc([OH2+])cc1. The summed E-state index contributed by atoms with van der Waals surface area (Å²) in [5.41, 5.74) is 1.07. The van der Waals surface area contributed by atoms with Crippen LogP contribution in [-0.2, 0) is 0 Å². The number of carbonyl (C=O) groups is 1. The van der Waals surface area contributed by atoms with Gasteiger partial charge in [-0.1, -0.05) is 0 Å². The number of phenolic OH excluding ortho intramolecular Hbond substituents is 1. The van der Waals surface area contributed by atoms with Gasteiger partial charge in [0.05, 0.1) is 0 Å².